The van der Waals surface area contributed by atoms with E-state index in [2.05, 4.69) is 29.5 Å². The van der Waals surface area contributed by atoms with Crippen molar-refractivity contribution in [2.75, 3.05) is 20.1 Å². The van der Waals surface area contributed by atoms with Crippen LogP contribution in [0.15, 0.2) is 34.2 Å². The number of rotatable bonds is 8. The number of nitrogens with zero attached hydrogens (tertiary/aromatic N) is 1. The summed E-state index contributed by atoms with van der Waals surface area (Å²) in [5.74, 6) is 1.50. The molecule has 138 valence electrons. The molecule has 1 rings (SSSR count). The van der Waals surface area contributed by atoms with Crippen molar-refractivity contribution in [2.24, 2.45) is 16.0 Å². The molecule has 8 heteroatoms. The maximum absolute atomic E-state index is 11.2. The zero-order valence-electron chi connectivity index (χ0n) is 14.6. The van der Waals surface area contributed by atoms with Crippen LogP contribution < -0.4 is 15.8 Å². The summed E-state index contributed by atoms with van der Waals surface area (Å²) >= 11 is 0. The molecule has 0 radical (unpaired) electrons. The Morgan fingerprint density at radius 2 is 1.75 bits per heavy atom. The smallest absolute Gasteiger partial charge is 0.238 e. The van der Waals surface area contributed by atoms with Crippen LogP contribution in [0, 0.1) is 5.92 Å². The number of guanidine groups is 1. The van der Waals surface area contributed by atoms with Gasteiger partial charge in [0.15, 0.2) is 5.96 Å². The molecule has 0 saturated heterocycles. The number of aliphatic imine (C=N–C) groups is 1. The lowest BCUT2D eigenvalue weighted by Crippen LogP contribution is -2.38. The normalized spacial score (nSPS) is 12.0. The number of sulfonamides is 1. The molecule has 4 N–H and O–H groups in total. The number of halogens is 1. The summed E-state index contributed by atoms with van der Waals surface area (Å²) in [4.78, 5) is 4.32. The largest absolute Gasteiger partial charge is 0.356 e. The fourth-order valence-corrected chi connectivity index (χ4v) is 2.62. The number of primary sulfonamides is 1. The molecule has 0 aromatic heterocycles. The van der Waals surface area contributed by atoms with Gasteiger partial charge in [0.05, 0.1) is 4.90 Å². The number of benzene rings is 1. The number of hydrogen-bond donors (Lipinski definition) is 3. The van der Waals surface area contributed by atoms with Crippen LogP contribution in [0.3, 0.4) is 0 Å². The van der Waals surface area contributed by atoms with Crippen molar-refractivity contribution in [3.63, 3.8) is 0 Å². The molecule has 0 aliphatic heterocycles. The summed E-state index contributed by atoms with van der Waals surface area (Å²) in [6.07, 6.45) is 3.09. The van der Waals surface area contributed by atoms with E-state index in [-0.39, 0.29) is 28.9 Å². The van der Waals surface area contributed by atoms with E-state index in [9.17, 15) is 8.42 Å². The summed E-state index contributed by atoms with van der Waals surface area (Å²) < 4.78 is 22.4. The molecule has 0 amide bonds. The fraction of sp³-hybridized carbons (Fsp3) is 0.562. The SMILES string of the molecule is CN=C(NCCCC(C)C)NCCc1ccc(S(N)(=O)=O)cc1.I. The first kappa shape index (κ1) is 23.1. The summed E-state index contributed by atoms with van der Waals surface area (Å²) in [6.45, 7) is 6.06. The van der Waals surface area contributed by atoms with Gasteiger partial charge in [0.2, 0.25) is 10.0 Å². The lowest BCUT2D eigenvalue weighted by Gasteiger charge is -2.12. The molecule has 1 aromatic rings. The Bertz CT molecular complexity index is 601. The Morgan fingerprint density at radius 1 is 1.17 bits per heavy atom. The van der Waals surface area contributed by atoms with Gasteiger partial charge < -0.3 is 10.6 Å². The molecule has 24 heavy (non-hydrogen) atoms. The topological polar surface area (TPSA) is 96.6 Å². The molecule has 0 aliphatic carbocycles. The third-order valence-electron chi connectivity index (χ3n) is 3.43. The monoisotopic (exact) mass is 468 g/mol. The molecule has 6 nitrogen and oxygen atoms in total. The molecule has 0 fully saturated rings. The maximum Gasteiger partial charge on any atom is 0.238 e. The van der Waals surface area contributed by atoms with Crippen molar-refractivity contribution in [1.82, 2.24) is 10.6 Å². The van der Waals surface area contributed by atoms with Crippen LogP contribution in [0.1, 0.15) is 32.3 Å². The van der Waals surface area contributed by atoms with Gasteiger partial charge in [-0.05, 0) is 42.9 Å². The first-order valence-corrected chi connectivity index (χ1v) is 9.44. The van der Waals surface area contributed by atoms with E-state index in [1.165, 1.54) is 18.6 Å². The third-order valence-corrected chi connectivity index (χ3v) is 4.36. The molecule has 0 spiro atoms. The minimum atomic E-state index is -3.62. The Labute approximate surface area is 162 Å². The Kier molecular flexibility index (Phi) is 11.2. The average molecular weight is 468 g/mol. The van der Waals surface area contributed by atoms with E-state index in [1.54, 1.807) is 19.2 Å². The molecule has 0 aliphatic rings. The van der Waals surface area contributed by atoms with Crippen LogP contribution in [0.5, 0.6) is 0 Å². The van der Waals surface area contributed by atoms with Gasteiger partial charge in [0.1, 0.15) is 0 Å². The third kappa shape index (κ3) is 9.43. The summed E-state index contributed by atoms with van der Waals surface area (Å²) in [5.41, 5.74) is 1.04. The van der Waals surface area contributed by atoms with Crippen molar-refractivity contribution in [3.05, 3.63) is 29.8 Å². The zero-order valence-corrected chi connectivity index (χ0v) is 17.7. The Hall–Kier alpha value is -0.870. The van der Waals surface area contributed by atoms with Gasteiger partial charge in [0.25, 0.3) is 0 Å². The summed E-state index contributed by atoms with van der Waals surface area (Å²) in [6, 6.07) is 6.62. The second-order valence-corrected chi connectivity index (χ2v) is 7.46. The van der Waals surface area contributed by atoms with Gasteiger partial charge in [-0.3, -0.25) is 4.99 Å². The predicted octanol–water partition coefficient (Wildman–Crippen LogP) is 2.10. The highest BCUT2D eigenvalue weighted by atomic mass is 127. The highest BCUT2D eigenvalue weighted by molar-refractivity contribution is 14.0. The lowest BCUT2D eigenvalue weighted by atomic mass is 10.1. The molecule has 0 bridgehead atoms. The molecular weight excluding hydrogens is 439 g/mol. The second-order valence-electron chi connectivity index (χ2n) is 5.90. The van der Waals surface area contributed by atoms with Gasteiger partial charge in [-0.25, -0.2) is 13.6 Å². The predicted molar refractivity (Wildman–Crippen MR) is 110 cm³/mol. The van der Waals surface area contributed by atoms with E-state index in [0.717, 1.165) is 37.5 Å². The standard InChI is InChI=1S/C16H28N4O2S.HI/c1-13(2)5-4-11-19-16(18-3)20-12-10-14-6-8-15(9-7-14)23(17,21)22;/h6-9,13H,4-5,10-12H2,1-3H3,(H2,17,21,22)(H2,18,19,20);1H. The van der Waals surface area contributed by atoms with E-state index in [0.29, 0.717) is 5.92 Å². The van der Waals surface area contributed by atoms with E-state index < -0.39 is 10.0 Å². The van der Waals surface area contributed by atoms with E-state index in [4.69, 9.17) is 5.14 Å². The lowest BCUT2D eigenvalue weighted by molar-refractivity contribution is 0.549. The quantitative estimate of drug-likeness (QED) is 0.236. The van der Waals surface area contributed by atoms with E-state index in [1.807, 2.05) is 0 Å². The highest BCUT2D eigenvalue weighted by Gasteiger charge is 2.06. The Morgan fingerprint density at radius 3 is 2.25 bits per heavy atom. The molecule has 0 heterocycles. The molecule has 0 atom stereocenters. The number of hydrogen-bond acceptors (Lipinski definition) is 3. The van der Waals surface area contributed by atoms with Crippen LogP contribution >= 0.6 is 24.0 Å². The van der Waals surface area contributed by atoms with Gasteiger partial charge in [-0.1, -0.05) is 26.0 Å². The van der Waals surface area contributed by atoms with Crippen LogP contribution in [0.2, 0.25) is 0 Å². The van der Waals surface area contributed by atoms with Crippen molar-refractivity contribution in [3.8, 4) is 0 Å². The van der Waals surface area contributed by atoms with Crippen LogP contribution in [-0.2, 0) is 16.4 Å². The van der Waals surface area contributed by atoms with Gasteiger partial charge in [0, 0.05) is 20.1 Å². The first-order chi connectivity index (χ1) is 10.8. The Balaban J connectivity index is 0.00000529. The van der Waals surface area contributed by atoms with E-state index >= 15 is 0 Å². The first-order valence-electron chi connectivity index (χ1n) is 7.89. The minimum Gasteiger partial charge on any atom is -0.356 e. The average Bonchev–Trinajstić information content (AvgIpc) is 2.49. The van der Waals surface area contributed by atoms with Crippen LogP contribution in [0.25, 0.3) is 0 Å². The fourth-order valence-electron chi connectivity index (χ4n) is 2.11. The molecule has 1 aromatic carbocycles. The van der Waals surface area contributed by atoms with Gasteiger partial charge in [-0.15, -0.1) is 24.0 Å². The van der Waals surface area contributed by atoms with Crippen LogP contribution in [-0.4, -0.2) is 34.5 Å². The van der Waals surface area contributed by atoms with Crippen molar-refractivity contribution < 1.29 is 8.42 Å². The molecule has 0 unspecified atom stereocenters. The zero-order chi connectivity index (χ0) is 17.3. The van der Waals surface area contributed by atoms with Crippen LogP contribution in [0.4, 0.5) is 0 Å². The van der Waals surface area contributed by atoms with Crippen molar-refractivity contribution >= 4 is 40.0 Å². The summed E-state index contributed by atoms with van der Waals surface area (Å²) in [7, 11) is -1.87. The molecule has 0 saturated carbocycles. The maximum atomic E-state index is 11.2. The number of nitrogens with two attached hydrogens (primary N) is 1. The highest BCUT2D eigenvalue weighted by Crippen LogP contribution is 2.08. The van der Waals surface area contributed by atoms with Crippen molar-refractivity contribution in [1.29, 1.82) is 0 Å². The van der Waals surface area contributed by atoms with Gasteiger partial charge >= 0.3 is 0 Å². The van der Waals surface area contributed by atoms with Gasteiger partial charge in [-0.2, -0.15) is 0 Å². The number of nitrogens with one attached hydrogen (secondary N) is 2. The second kappa shape index (κ2) is 11.6. The molecular formula is C16H29IN4O2S. The van der Waals surface area contributed by atoms with Crippen molar-refractivity contribution in [2.45, 2.75) is 38.0 Å². The summed E-state index contributed by atoms with van der Waals surface area (Å²) in [5, 5.41) is 11.6. The minimum absolute atomic E-state index is 0.